The van der Waals surface area contributed by atoms with Crippen LogP contribution in [0.1, 0.15) is 26.7 Å². The zero-order chi connectivity index (χ0) is 18.8. The molecule has 0 fully saturated rings. The maximum atomic E-state index is 12.3. The number of halogens is 1. The molecule has 4 N–H and O–H groups in total. The molecule has 0 saturated heterocycles. The maximum absolute atomic E-state index is 12.3. The number of carbonyl (C=O) groups is 2. The van der Waals surface area contributed by atoms with E-state index >= 15 is 0 Å². The largest absolute Gasteiger partial charge is 0.561 e. The molecule has 2 unspecified atom stereocenters. The molecule has 0 saturated carbocycles. The highest BCUT2D eigenvalue weighted by Crippen LogP contribution is 2.21. The van der Waals surface area contributed by atoms with E-state index < -0.39 is 32.0 Å². The third-order valence-corrected chi connectivity index (χ3v) is 4.30. The summed E-state index contributed by atoms with van der Waals surface area (Å²) in [6.45, 7) is 3.68. The summed E-state index contributed by atoms with van der Waals surface area (Å²) >= 11 is 3.30. The van der Waals surface area contributed by atoms with Gasteiger partial charge >= 0.3 is 20.0 Å². The molecular weight excluding hydrogens is 413 g/mol. The van der Waals surface area contributed by atoms with Crippen LogP contribution in [0, 0.1) is 0 Å². The van der Waals surface area contributed by atoms with Crippen molar-refractivity contribution >= 4 is 41.6 Å². The fourth-order valence-electron chi connectivity index (χ4n) is 1.96. The first-order valence-electron chi connectivity index (χ1n) is 7.77. The second-order valence-corrected chi connectivity index (χ2v) is 7.06. The second kappa shape index (κ2) is 11.1. The van der Waals surface area contributed by atoms with Gasteiger partial charge < -0.3 is 15.4 Å². The van der Waals surface area contributed by atoms with Gasteiger partial charge in [-0.1, -0.05) is 29.3 Å². The molecule has 0 bridgehead atoms. The first-order chi connectivity index (χ1) is 11.9. The standard InChI is InChI=1S/C15H21BrN3O5P/c1-3-5-12(13(20)19-15(24-4-2)25(22)23)18-14(21)17-11-8-6-10(16)7-9-11/h6-9,12,15H,3-5H2,1-2H3,(H3-,17,18,19,20,21,22,23)/p+1/t12-,15?/m0/s1. The summed E-state index contributed by atoms with van der Waals surface area (Å²) in [4.78, 5) is 33.5. The fraction of sp³-hybridized carbons (Fsp3) is 0.467. The van der Waals surface area contributed by atoms with Gasteiger partial charge in [0.25, 0.3) is 0 Å². The van der Waals surface area contributed by atoms with E-state index in [1.165, 1.54) is 0 Å². The SMILES string of the molecule is CCC[C@H](NC(=O)Nc1ccc(Br)cc1)C(=O)NC(OCC)[P+](=O)O. The number of rotatable bonds is 9. The molecule has 10 heteroatoms. The van der Waals surface area contributed by atoms with Crippen molar-refractivity contribution in [2.45, 2.75) is 38.7 Å². The Hall–Kier alpha value is -1.54. The molecule has 1 aromatic rings. The summed E-state index contributed by atoms with van der Waals surface area (Å²) < 4.78 is 17.1. The Labute approximate surface area is 155 Å². The highest BCUT2D eigenvalue weighted by Gasteiger charge is 2.34. The number of nitrogens with one attached hydrogen (secondary N) is 3. The van der Waals surface area contributed by atoms with Gasteiger partial charge in [0.2, 0.25) is 5.91 Å². The molecule has 0 aliphatic carbocycles. The van der Waals surface area contributed by atoms with E-state index in [0.29, 0.717) is 18.5 Å². The zero-order valence-corrected chi connectivity index (χ0v) is 16.5. The van der Waals surface area contributed by atoms with Crippen molar-refractivity contribution in [1.29, 1.82) is 0 Å². The number of anilines is 1. The lowest BCUT2D eigenvalue weighted by atomic mass is 10.1. The molecule has 0 heterocycles. The number of carbonyl (C=O) groups excluding carboxylic acids is 2. The van der Waals surface area contributed by atoms with E-state index in [0.717, 1.165) is 4.47 Å². The van der Waals surface area contributed by atoms with Crippen LogP contribution in [-0.2, 0) is 14.1 Å². The molecule has 3 atom stereocenters. The van der Waals surface area contributed by atoms with Crippen LogP contribution in [0.2, 0.25) is 0 Å². The maximum Gasteiger partial charge on any atom is 0.561 e. The number of amides is 3. The van der Waals surface area contributed by atoms with Crippen molar-refractivity contribution in [2.24, 2.45) is 0 Å². The minimum atomic E-state index is -2.74. The number of benzene rings is 1. The average Bonchev–Trinajstić information content (AvgIpc) is 2.56. The molecule has 25 heavy (non-hydrogen) atoms. The smallest absolute Gasteiger partial charge is 0.326 e. The van der Waals surface area contributed by atoms with Crippen molar-refractivity contribution in [1.82, 2.24) is 10.6 Å². The highest BCUT2D eigenvalue weighted by molar-refractivity contribution is 9.10. The third kappa shape index (κ3) is 7.92. The molecule has 0 radical (unpaired) electrons. The van der Waals surface area contributed by atoms with Gasteiger partial charge in [-0.3, -0.25) is 10.1 Å². The number of ether oxygens (including phenoxy) is 1. The predicted molar refractivity (Wildman–Crippen MR) is 98.4 cm³/mol. The van der Waals surface area contributed by atoms with Crippen LogP contribution in [0.4, 0.5) is 10.5 Å². The van der Waals surface area contributed by atoms with Crippen LogP contribution in [0.3, 0.4) is 0 Å². The molecule has 1 rings (SSSR count). The van der Waals surface area contributed by atoms with Gasteiger partial charge in [0.15, 0.2) is 0 Å². The summed E-state index contributed by atoms with van der Waals surface area (Å²) in [5, 5.41) is 7.52. The summed E-state index contributed by atoms with van der Waals surface area (Å²) in [7, 11) is -2.74. The van der Waals surface area contributed by atoms with E-state index in [1.54, 1.807) is 31.2 Å². The monoisotopic (exact) mass is 434 g/mol. The average molecular weight is 435 g/mol. The Morgan fingerprint density at radius 2 is 1.88 bits per heavy atom. The summed E-state index contributed by atoms with van der Waals surface area (Å²) in [6.07, 6.45) is 1.02. The van der Waals surface area contributed by atoms with Crippen molar-refractivity contribution in [3.63, 3.8) is 0 Å². The topological polar surface area (TPSA) is 117 Å². The van der Waals surface area contributed by atoms with Gasteiger partial charge in [-0.25, -0.2) is 4.79 Å². The second-order valence-electron chi connectivity index (χ2n) is 5.07. The van der Waals surface area contributed by atoms with Crippen molar-refractivity contribution in [2.75, 3.05) is 11.9 Å². The van der Waals surface area contributed by atoms with E-state index in [4.69, 9.17) is 9.63 Å². The molecule has 8 nitrogen and oxygen atoms in total. The summed E-state index contributed by atoms with van der Waals surface area (Å²) in [5.74, 6) is -1.88. The van der Waals surface area contributed by atoms with Crippen LogP contribution < -0.4 is 16.0 Å². The van der Waals surface area contributed by atoms with Gasteiger partial charge in [0, 0.05) is 10.2 Å². The van der Waals surface area contributed by atoms with Crippen LogP contribution >= 0.6 is 24.0 Å². The zero-order valence-electron chi connectivity index (χ0n) is 14.0. The summed E-state index contributed by atoms with van der Waals surface area (Å²) in [6, 6.07) is 5.57. The van der Waals surface area contributed by atoms with E-state index in [-0.39, 0.29) is 6.61 Å². The van der Waals surface area contributed by atoms with Crippen LogP contribution in [0.15, 0.2) is 28.7 Å². The molecule has 3 amide bonds. The van der Waals surface area contributed by atoms with Gasteiger partial charge in [0.05, 0.1) is 6.61 Å². The van der Waals surface area contributed by atoms with Crippen LogP contribution in [0.25, 0.3) is 0 Å². The third-order valence-electron chi connectivity index (χ3n) is 3.09. The van der Waals surface area contributed by atoms with E-state index in [9.17, 15) is 14.2 Å². The molecule has 0 spiro atoms. The Morgan fingerprint density at radius 3 is 2.40 bits per heavy atom. The Balaban J connectivity index is 2.67. The number of hydrogen-bond donors (Lipinski definition) is 4. The Bertz CT molecular complexity index is 599. The normalized spacial score (nSPS) is 13.5. The van der Waals surface area contributed by atoms with Crippen LogP contribution in [0.5, 0.6) is 0 Å². The minimum Gasteiger partial charge on any atom is -0.326 e. The Kier molecular flexibility index (Phi) is 9.59. The first-order valence-corrected chi connectivity index (χ1v) is 9.85. The van der Waals surface area contributed by atoms with Crippen molar-refractivity contribution in [3.05, 3.63) is 28.7 Å². The van der Waals surface area contributed by atoms with E-state index in [1.807, 2.05) is 6.92 Å². The lowest BCUT2D eigenvalue weighted by Gasteiger charge is -2.18. The highest BCUT2D eigenvalue weighted by atomic mass is 79.9. The van der Waals surface area contributed by atoms with Gasteiger partial charge in [-0.05, 0) is 42.2 Å². The lowest BCUT2D eigenvalue weighted by molar-refractivity contribution is -0.125. The summed E-state index contributed by atoms with van der Waals surface area (Å²) in [5.41, 5.74) is 0.571. The number of urea groups is 1. The fourth-order valence-corrected chi connectivity index (χ4v) is 2.74. The molecule has 138 valence electrons. The lowest BCUT2D eigenvalue weighted by Crippen LogP contribution is -2.50. The van der Waals surface area contributed by atoms with E-state index in [2.05, 4.69) is 31.9 Å². The predicted octanol–water partition coefficient (Wildman–Crippen LogP) is 2.91. The molecule has 1 aromatic carbocycles. The van der Waals surface area contributed by atoms with Crippen molar-refractivity contribution in [3.8, 4) is 0 Å². The van der Waals surface area contributed by atoms with Gasteiger partial charge in [0.1, 0.15) is 6.04 Å². The first kappa shape index (κ1) is 21.5. The molecule has 0 aliphatic rings. The Morgan fingerprint density at radius 1 is 1.24 bits per heavy atom. The van der Waals surface area contributed by atoms with Crippen molar-refractivity contribution < 1.29 is 23.8 Å². The molecule has 0 aromatic heterocycles. The molecule has 0 aliphatic heterocycles. The molecular formula is C15H22BrN3O5P+. The van der Waals surface area contributed by atoms with Gasteiger partial charge in [-0.15, -0.1) is 0 Å². The quantitative estimate of drug-likeness (QED) is 0.352. The number of hydrogen-bond acceptors (Lipinski definition) is 4. The van der Waals surface area contributed by atoms with Crippen LogP contribution in [-0.4, -0.2) is 35.4 Å². The minimum absolute atomic E-state index is 0.169. The van der Waals surface area contributed by atoms with Gasteiger partial charge in [-0.2, -0.15) is 4.89 Å².